The molecule has 0 aliphatic heterocycles. The molecule has 0 radical (unpaired) electrons. The lowest BCUT2D eigenvalue weighted by molar-refractivity contribution is 0.979. The van der Waals surface area contributed by atoms with Crippen molar-refractivity contribution in [1.82, 2.24) is 0 Å². The van der Waals surface area contributed by atoms with Gasteiger partial charge in [0.1, 0.15) is 0 Å². The zero-order valence-corrected chi connectivity index (χ0v) is 33.0. The van der Waals surface area contributed by atoms with Crippen LogP contribution < -0.4 is 0 Å². The van der Waals surface area contributed by atoms with E-state index in [1.54, 1.807) is 0 Å². The Hall–Kier alpha value is -7.54. The van der Waals surface area contributed by atoms with E-state index >= 15 is 0 Å². The summed E-state index contributed by atoms with van der Waals surface area (Å²) >= 11 is 0. The third kappa shape index (κ3) is 5.04. The van der Waals surface area contributed by atoms with Gasteiger partial charge in [-0.15, -0.1) is 0 Å². The molecule has 1 atom stereocenters. The van der Waals surface area contributed by atoms with Crippen LogP contribution >= 0.6 is 0 Å². The Balaban J connectivity index is 1.02. The summed E-state index contributed by atoms with van der Waals surface area (Å²) in [6.07, 6.45) is 0.946. The van der Waals surface area contributed by atoms with Gasteiger partial charge in [0.2, 0.25) is 0 Å². The lowest BCUT2D eigenvalue weighted by atomic mass is 9.81. The maximum absolute atomic E-state index is 2.51. The molecule has 0 N–H and O–H groups in total. The Morgan fingerprint density at radius 3 is 1.55 bits per heavy atom. The maximum atomic E-state index is 2.51. The SMILES string of the molecule is c1ccc2c3c(ccc2c1)-c1ccc(C(c2ccc4ccc(-c5cc6ccccc6c6ccccc56)cc4c2)c2ccc4c5ccccc5c5ccccc5c4c2)cc1C3. The smallest absolute Gasteiger partial charge is 0.0340 e. The van der Waals surface area contributed by atoms with E-state index < -0.39 is 0 Å². The molecule has 12 aromatic carbocycles. The van der Waals surface area contributed by atoms with Gasteiger partial charge in [-0.05, 0) is 150 Å². The van der Waals surface area contributed by atoms with Crippen molar-refractivity contribution in [3.8, 4) is 22.3 Å². The molecule has 0 amide bonds. The summed E-state index contributed by atoms with van der Waals surface area (Å²) in [6.45, 7) is 0. The second kappa shape index (κ2) is 13.0. The van der Waals surface area contributed by atoms with Gasteiger partial charge < -0.3 is 0 Å². The molecule has 0 heteroatoms. The monoisotopic (exact) mass is 758 g/mol. The van der Waals surface area contributed by atoms with E-state index in [0.29, 0.717) is 0 Å². The van der Waals surface area contributed by atoms with Gasteiger partial charge in [-0.3, -0.25) is 0 Å². The van der Waals surface area contributed by atoms with E-state index in [0.717, 1.165) is 6.42 Å². The van der Waals surface area contributed by atoms with E-state index in [1.807, 2.05) is 0 Å². The quantitative estimate of drug-likeness (QED) is 0.124. The minimum absolute atomic E-state index is 0.0277. The Morgan fingerprint density at radius 2 is 0.783 bits per heavy atom. The molecule has 0 spiro atoms. The summed E-state index contributed by atoms with van der Waals surface area (Å²) in [6, 6.07) is 80.0. The topological polar surface area (TPSA) is 0 Å². The lowest BCUT2D eigenvalue weighted by Crippen LogP contribution is -2.05. The summed E-state index contributed by atoms with van der Waals surface area (Å²) in [4.78, 5) is 0. The van der Waals surface area contributed by atoms with Crippen LogP contribution in [0.2, 0.25) is 0 Å². The predicted octanol–water partition coefficient (Wildman–Crippen LogP) is 16.2. The molecule has 0 aromatic heterocycles. The molecule has 0 saturated carbocycles. The van der Waals surface area contributed by atoms with E-state index in [4.69, 9.17) is 0 Å². The van der Waals surface area contributed by atoms with Crippen LogP contribution in [0.1, 0.15) is 33.7 Å². The molecular formula is C60H38. The van der Waals surface area contributed by atoms with Gasteiger partial charge in [0.05, 0.1) is 0 Å². The number of rotatable bonds is 4. The fourth-order valence-electron chi connectivity index (χ4n) is 10.8. The van der Waals surface area contributed by atoms with Crippen LogP contribution in [-0.4, -0.2) is 0 Å². The number of fused-ring (bicyclic) bond motifs is 15. The van der Waals surface area contributed by atoms with Crippen LogP contribution in [0, 0.1) is 0 Å². The largest absolute Gasteiger partial charge is 0.0616 e. The third-order valence-corrected chi connectivity index (χ3v) is 13.5. The van der Waals surface area contributed by atoms with Crippen LogP contribution in [-0.2, 0) is 6.42 Å². The molecule has 0 nitrogen and oxygen atoms in total. The zero-order chi connectivity index (χ0) is 39.3. The van der Waals surface area contributed by atoms with Crippen molar-refractivity contribution in [3.05, 3.63) is 240 Å². The Bertz CT molecular complexity index is 3720. The molecule has 0 bridgehead atoms. The maximum Gasteiger partial charge on any atom is 0.0340 e. The molecule has 0 heterocycles. The van der Waals surface area contributed by atoms with Crippen molar-refractivity contribution in [3.63, 3.8) is 0 Å². The van der Waals surface area contributed by atoms with E-state index in [2.05, 4.69) is 212 Å². The molecule has 0 saturated heterocycles. The summed E-state index contributed by atoms with van der Waals surface area (Å²) in [5.41, 5.74) is 12.0. The van der Waals surface area contributed by atoms with Crippen molar-refractivity contribution in [2.45, 2.75) is 12.3 Å². The van der Waals surface area contributed by atoms with Crippen molar-refractivity contribution in [1.29, 1.82) is 0 Å². The summed E-state index contributed by atoms with van der Waals surface area (Å²) in [7, 11) is 0. The van der Waals surface area contributed by atoms with Gasteiger partial charge in [0.15, 0.2) is 0 Å². The first-order chi connectivity index (χ1) is 29.7. The Morgan fingerprint density at radius 1 is 0.267 bits per heavy atom. The van der Waals surface area contributed by atoms with Gasteiger partial charge in [-0.25, -0.2) is 0 Å². The van der Waals surface area contributed by atoms with Gasteiger partial charge in [0.25, 0.3) is 0 Å². The zero-order valence-electron chi connectivity index (χ0n) is 33.0. The molecule has 1 unspecified atom stereocenters. The molecule has 60 heavy (non-hydrogen) atoms. The first-order valence-corrected chi connectivity index (χ1v) is 21.2. The molecule has 0 fully saturated rings. The van der Waals surface area contributed by atoms with Crippen LogP contribution in [0.3, 0.4) is 0 Å². The standard InChI is InChI=1S/C60H38/c1-3-13-46-38(11-1)25-29-55-48-28-26-42(33-45(48)36-58(46)55)60(43-27-30-56-52-18-7-6-16-50(52)51-17-8-10-20-54(51)59(56)35-43)41-24-22-37-21-23-40(31-44(37)32-41)57-34-39-12-2-4-14-47(39)49-15-5-9-19-53(49)57/h1-35,60H,36H2. The van der Waals surface area contributed by atoms with Crippen LogP contribution in [0.5, 0.6) is 0 Å². The van der Waals surface area contributed by atoms with Crippen LogP contribution in [0.4, 0.5) is 0 Å². The van der Waals surface area contributed by atoms with Crippen LogP contribution in [0.15, 0.2) is 212 Å². The first-order valence-electron chi connectivity index (χ1n) is 21.2. The number of hydrogen-bond acceptors (Lipinski definition) is 0. The van der Waals surface area contributed by atoms with E-state index in [1.165, 1.54) is 125 Å². The molecule has 13 rings (SSSR count). The number of benzene rings is 12. The normalized spacial score (nSPS) is 12.9. The highest BCUT2D eigenvalue weighted by Gasteiger charge is 2.25. The van der Waals surface area contributed by atoms with E-state index in [-0.39, 0.29) is 5.92 Å². The average Bonchev–Trinajstić information content (AvgIpc) is 3.70. The minimum atomic E-state index is 0.0277. The van der Waals surface area contributed by atoms with Gasteiger partial charge in [-0.1, -0.05) is 194 Å². The fourth-order valence-corrected chi connectivity index (χ4v) is 10.8. The molecular weight excluding hydrogens is 721 g/mol. The summed E-state index contributed by atoms with van der Waals surface area (Å²) < 4.78 is 0. The molecule has 12 aromatic rings. The lowest BCUT2D eigenvalue weighted by Gasteiger charge is -2.22. The van der Waals surface area contributed by atoms with Crippen molar-refractivity contribution in [2.24, 2.45) is 0 Å². The third-order valence-electron chi connectivity index (χ3n) is 13.5. The molecule has 1 aliphatic carbocycles. The second-order valence-corrected chi connectivity index (χ2v) is 16.7. The van der Waals surface area contributed by atoms with Crippen molar-refractivity contribution in [2.75, 3.05) is 0 Å². The average molecular weight is 759 g/mol. The van der Waals surface area contributed by atoms with Crippen molar-refractivity contribution < 1.29 is 0 Å². The highest BCUT2D eigenvalue weighted by molar-refractivity contribution is 6.25. The van der Waals surface area contributed by atoms with Gasteiger partial charge in [0, 0.05) is 5.92 Å². The predicted molar refractivity (Wildman–Crippen MR) is 256 cm³/mol. The Kier molecular flexibility index (Phi) is 7.23. The second-order valence-electron chi connectivity index (χ2n) is 16.7. The van der Waals surface area contributed by atoms with Gasteiger partial charge in [-0.2, -0.15) is 0 Å². The van der Waals surface area contributed by atoms with Gasteiger partial charge >= 0.3 is 0 Å². The summed E-state index contributed by atoms with van der Waals surface area (Å²) in [5.74, 6) is 0.0277. The molecule has 278 valence electrons. The minimum Gasteiger partial charge on any atom is -0.0616 e. The molecule has 1 aliphatic rings. The fraction of sp³-hybridized carbons (Fsp3) is 0.0333. The number of hydrogen-bond donors (Lipinski definition) is 0. The summed E-state index contributed by atoms with van der Waals surface area (Å²) in [5, 5.41) is 18.1. The highest BCUT2D eigenvalue weighted by atomic mass is 14.3. The Labute approximate surface area is 348 Å². The van der Waals surface area contributed by atoms with E-state index in [9.17, 15) is 0 Å². The highest BCUT2D eigenvalue weighted by Crippen LogP contribution is 2.45. The van der Waals surface area contributed by atoms with Crippen molar-refractivity contribution >= 4 is 75.4 Å². The first kappa shape index (κ1) is 33.4. The van der Waals surface area contributed by atoms with Crippen LogP contribution in [0.25, 0.3) is 97.7 Å².